The zero-order valence-corrected chi connectivity index (χ0v) is 20.1. The number of benzene rings is 3. The Bertz CT molecular complexity index is 1140. The fourth-order valence-electron chi connectivity index (χ4n) is 4.53. The van der Waals surface area contributed by atoms with Gasteiger partial charge < -0.3 is 24.3 Å². The molecule has 7 heteroatoms. The van der Waals surface area contributed by atoms with Crippen LogP contribution in [-0.2, 0) is 9.53 Å². The maximum atomic E-state index is 12.6. The molecule has 2 atom stereocenters. The molecule has 3 aromatic carbocycles. The fourth-order valence-corrected chi connectivity index (χ4v) is 4.53. The zero-order valence-electron chi connectivity index (χ0n) is 20.1. The van der Waals surface area contributed by atoms with Crippen LogP contribution >= 0.6 is 0 Å². The minimum atomic E-state index is -0.367. The number of nitrogens with one attached hydrogen (secondary N) is 1. The van der Waals surface area contributed by atoms with Gasteiger partial charge in [0.15, 0.2) is 11.5 Å². The van der Waals surface area contributed by atoms with Gasteiger partial charge in [0.25, 0.3) is 0 Å². The van der Waals surface area contributed by atoms with Gasteiger partial charge in [0.1, 0.15) is 6.17 Å². The number of ether oxygens (including phenoxy) is 4. The molecule has 0 saturated carbocycles. The first kappa shape index (κ1) is 23.4. The van der Waals surface area contributed by atoms with Gasteiger partial charge in [-0.05, 0) is 41.8 Å². The number of hydrogen-bond donors (Lipinski definition) is 1. The topological polar surface area (TPSA) is 69.3 Å². The van der Waals surface area contributed by atoms with Crippen molar-refractivity contribution < 1.29 is 23.7 Å². The van der Waals surface area contributed by atoms with E-state index in [4.69, 9.17) is 18.9 Å². The molecule has 0 unspecified atom stereocenters. The Morgan fingerprint density at radius 2 is 1.56 bits per heavy atom. The predicted octanol–water partition coefficient (Wildman–Crippen LogP) is 4.71. The van der Waals surface area contributed by atoms with Gasteiger partial charge in [-0.2, -0.15) is 0 Å². The average molecular weight is 463 g/mol. The molecule has 0 spiro atoms. The van der Waals surface area contributed by atoms with Crippen LogP contribution in [0.25, 0.3) is 0 Å². The van der Waals surface area contributed by atoms with Gasteiger partial charge in [-0.1, -0.05) is 48.0 Å². The fraction of sp³-hybridized carbons (Fsp3) is 0.296. The summed E-state index contributed by atoms with van der Waals surface area (Å²) in [5.41, 5.74) is 5.19. The third-order valence-electron chi connectivity index (χ3n) is 6.11. The summed E-state index contributed by atoms with van der Waals surface area (Å²) in [6.07, 6.45) is -0.367. The lowest BCUT2D eigenvalue weighted by Gasteiger charge is -2.44. The number of anilines is 1. The largest absolute Gasteiger partial charge is 0.493 e. The van der Waals surface area contributed by atoms with Crippen LogP contribution in [0, 0.1) is 6.92 Å². The van der Waals surface area contributed by atoms with Crippen LogP contribution in [0.2, 0.25) is 0 Å². The molecule has 7 nitrogen and oxygen atoms in total. The summed E-state index contributed by atoms with van der Waals surface area (Å²) in [4.78, 5) is 14.7. The molecule has 1 heterocycles. The minimum absolute atomic E-state index is 0.0811. The molecule has 0 aliphatic carbocycles. The highest BCUT2D eigenvalue weighted by Gasteiger charge is 2.38. The summed E-state index contributed by atoms with van der Waals surface area (Å²) in [6, 6.07) is 20.1. The lowest BCUT2D eigenvalue weighted by atomic mass is 9.90. The van der Waals surface area contributed by atoms with E-state index in [0.29, 0.717) is 17.2 Å². The number of rotatable bonds is 7. The van der Waals surface area contributed by atoms with E-state index in [9.17, 15) is 4.79 Å². The van der Waals surface area contributed by atoms with Crippen molar-refractivity contribution in [1.82, 2.24) is 4.90 Å². The van der Waals surface area contributed by atoms with E-state index in [2.05, 4.69) is 47.5 Å². The molecule has 0 bridgehead atoms. The Hall–Kier alpha value is -3.71. The van der Waals surface area contributed by atoms with Crippen molar-refractivity contribution in [2.45, 2.75) is 19.1 Å². The molecule has 3 aromatic rings. The number of fused-ring (bicyclic) bond motifs is 1. The van der Waals surface area contributed by atoms with Crippen molar-refractivity contribution in [3.8, 4) is 17.2 Å². The maximum Gasteiger partial charge on any atom is 0.319 e. The Balaban J connectivity index is 1.93. The van der Waals surface area contributed by atoms with Gasteiger partial charge in [-0.25, -0.2) is 0 Å². The number of methoxy groups -OCH3 is 4. The molecule has 0 fully saturated rings. The summed E-state index contributed by atoms with van der Waals surface area (Å²) in [5, 5.41) is 3.63. The lowest BCUT2D eigenvalue weighted by Crippen LogP contribution is -2.44. The highest BCUT2D eigenvalue weighted by atomic mass is 16.5. The molecule has 1 aliphatic rings. The van der Waals surface area contributed by atoms with Gasteiger partial charge in [0, 0.05) is 5.69 Å². The van der Waals surface area contributed by atoms with Crippen molar-refractivity contribution in [1.29, 1.82) is 0 Å². The molecular weight excluding hydrogens is 432 g/mol. The van der Waals surface area contributed by atoms with Gasteiger partial charge >= 0.3 is 5.97 Å². The number of nitrogens with zero attached hydrogens (tertiary/aromatic N) is 1. The van der Waals surface area contributed by atoms with Crippen molar-refractivity contribution in [3.63, 3.8) is 0 Å². The van der Waals surface area contributed by atoms with E-state index in [1.165, 1.54) is 7.11 Å². The van der Waals surface area contributed by atoms with E-state index in [-0.39, 0.29) is 24.7 Å². The van der Waals surface area contributed by atoms with Crippen LogP contribution in [0.4, 0.5) is 5.69 Å². The molecule has 4 rings (SSSR count). The number of carbonyl (C=O) groups is 1. The zero-order chi connectivity index (χ0) is 24.2. The standard InChI is InChI=1S/C27H30N2O5/c1-17-11-12-21-20(13-17)25(18-9-7-6-8-10-18)29(16-24(30)33-4)27(28-21)19-14-22(31-2)26(34-5)23(15-19)32-3/h6-15,25,27-28H,16H2,1-5H3/t25-,27+/m0/s1. The first-order valence-electron chi connectivity index (χ1n) is 11.0. The molecule has 1 N–H and O–H groups in total. The summed E-state index contributed by atoms with van der Waals surface area (Å²) in [7, 11) is 6.16. The molecule has 34 heavy (non-hydrogen) atoms. The van der Waals surface area contributed by atoms with Gasteiger partial charge in [-0.3, -0.25) is 9.69 Å². The first-order chi connectivity index (χ1) is 16.5. The van der Waals surface area contributed by atoms with Crippen LogP contribution in [0.3, 0.4) is 0 Å². The van der Waals surface area contributed by atoms with Crippen LogP contribution in [0.15, 0.2) is 60.7 Å². The smallest absolute Gasteiger partial charge is 0.319 e. The molecular formula is C27H30N2O5. The second-order valence-electron chi connectivity index (χ2n) is 8.16. The number of carbonyl (C=O) groups excluding carboxylic acids is 1. The monoisotopic (exact) mass is 462 g/mol. The van der Waals surface area contributed by atoms with Crippen LogP contribution in [0.5, 0.6) is 17.2 Å². The van der Waals surface area contributed by atoms with Gasteiger partial charge in [0.2, 0.25) is 5.75 Å². The summed E-state index contributed by atoms with van der Waals surface area (Å²) in [6.45, 7) is 2.15. The van der Waals surface area contributed by atoms with E-state index in [1.807, 2.05) is 30.3 Å². The van der Waals surface area contributed by atoms with Crippen molar-refractivity contribution in [2.75, 3.05) is 40.3 Å². The summed E-state index contributed by atoms with van der Waals surface area (Å²) >= 11 is 0. The molecule has 0 amide bonds. The van der Waals surface area contributed by atoms with Crippen molar-refractivity contribution >= 4 is 11.7 Å². The number of aryl methyl sites for hydroxylation is 1. The SMILES string of the molecule is COC(=O)CN1[C@@H](c2ccccc2)c2cc(C)ccc2N[C@H]1c1cc(OC)c(OC)c(OC)c1. The highest BCUT2D eigenvalue weighted by molar-refractivity contribution is 5.72. The maximum absolute atomic E-state index is 12.6. The predicted molar refractivity (Wildman–Crippen MR) is 131 cm³/mol. The van der Waals surface area contributed by atoms with Crippen molar-refractivity contribution in [2.24, 2.45) is 0 Å². The average Bonchev–Trinajstić information content (AvgIpc) is 2.87. The van der Waals surface area contributed by atoms with Crippen LogP contribution < -0.4 is 19.5 Å². The number of hydrogen-bond acceptors (Lipinski definition) is 7. The van der Waals surface area contributed by atoms with E-state index < -0.39 is 0 Å². The van der Waals surface area contributed by atoms with Gasteiger partial charge in [0.05, 0.1) is 41.0 Å². The number of esters is 1. The molecule has 1 aliphatic heterocycles. The van der Waals surface area contributed by atoms with E-state index in [0.717, 1.165) is 27.9 Å². The molecule has 0 radical (unpaired) electrons. The van der Waals surface area contributed by atoms with Gasteiger partial charge in [-0.15, -0.1) is 0 Å². The summed E-state index contributed by atoms with van der Waals surface area (Å²) in [5.74, 6) is 1.28. The second kappa shape index (κ2) is 10.1. The highest BCUT2D eigenvalue weighted by Crippen LogP contribution is 2.47. The van der Waals surface area contributed by atoms with E-state index in [1.54, 1.807) is 21.3 Å². The van der Waals surface area contributed by atoms with Crippen molar-refractivity contribution in [3.05, 3.63) is 82.9 Å². The normalized spacial score (nSPS) is 17.3. The van der Waals surface area contributed by atoms with E-state index >= 15 is 0 Å². The lowest BCUT2D eigenvalue weighted by molar-refractivity contribution is -0.143. The minimum Gasteiger partial charge on any atom is -0.493 e. The second-order valence-corrected chi connectivity index (χ2v) is 8.16. The Labute approximate surface area is 200 Å². The Kier molecular flexibility index (Phi) is 6.93. The first-order valence-corrected chi connectivity index (χ1v) is 11.0. The van der Waals surface area contributed by atoms with Crippen LogP contribution in [0.1, 0.15) is 34.5 Å². The third kappa shape index (κ3) is 4.39. The quantitative estimate of drug-likeness (QED) is 0.510. The molecule has 178 valence electrons. The Morgan fingerprint density at radius 3 is 2.15 bits per heavy atom. The van der Waals surface area contributed by atoms with Crippen LogP contribution in [-0.4, -0.2) is 45.9 Å². The Morgan fingerprint density at radius 1 is 0.882 bits per heavy atom. The third-order valence-corrected chi connectivity index (χ3v) is 6.11. The summed E-state index contributed by atoms with van der Waals surface area (Å²) < 4.78 is 21.8. The molecule has 0 saturated heterocycles. The molecule has 0 aromatic heterocycles.